The summed E-state index contributed by atoms with van der Waals surface area (Å²) < 4.78 is 40.2. The molecule has 5 rings (SSSR count). The van der Waals surface area contributed by atoms with Crippen LogP contribution in [0.2, 0.25) is 0 Å². The van der Waals surface area contributed by atoms with Gasteiger partial charge in [-0.25, -0.2) is 9.50 Å². The fourth-order valence-corrected chi connectivity index (χ4v) is 4.52. The van der Waals surface area contributed by atoms with Crippen molar-refractivity contribution in [3.8, 4) is 0 Å². The molecule has 4 N–H and O–H groups in total. The van der Waals surface area contributed by atoms with Crippen LogP contribution in [0, 0.1) is 0 Å². The Hall–Kier alpha value is -3.62. The van der Waals surface area contributed by atoms with E-state index in [9.17, 15) is 23.1 Å². The van der Waals surface area contributed by atoms with Gasteiger partial charge < -0.3 is 15.7 Å². The van der Waals surface area contributed by atoms with Gasteiger partial charge in [-0.2, -0.15) is 18.3 Å². The van der Waals surface area contributed by atoms with E-state index in [4.69, 9.17) is 0 Å². The average molecular weight is 519 g/mol. The van der Waals surface area contributed by atoms with Crippen molar-refractivity contribution in [2.75, 3.05) is 30.3 Å². The van der Waals surface area contributed by atoms with Crippen LogP contribution in [0.3, 0.4) is 0 Å². The van der Waals surface area contributed by atoms with Crippen LogP contribution in [0.4, 0.5) is 30.5 Å². The number of nitrogens with one attached hydrogen (secondary N) is 3. The molecule has 4 aromatic rings. The lowest BCUT2D eigenvalue weighted by molar-refractivity contribution is -0.141. The van der Waals surface area contributed by atoms with E-state index in [0.29, 0.717) is 41.7 Å². The number of aromatic amines is 1. The van der Waals surface area contributed by atoms with Crippen molar-refractivity contribution in [1.82, 2.24) is 29.7 Å². The fraction of sp³-hybridized carbons (Fsp3) is 0.273. The number of alkyl halides is 3. The van der Waals surface area contributed by atoms with Crippen LogP contribution >= 0.6 is 11.8 Å². The Balaban J connectivity index is 1.27. The van der Waals surface area contributed by atoms with Crippen molar-refractivity contribution >= 4 is 40.5 Å². The van der Waals surface area contributed by atoms with E-state index in [0.717, 1.165) is 11.0 Å². The van der Waals surface area contributed by atoms with E-state index in [1.165, 1.54) is 11.8 Å². The zero-order valence-corrected chi connectivity index (χ0v) is 19.5. The van der Waals surface area contributed by atoms with Crippen molar-refractivity contribution in [1.29, 1.82) is 0 Å². The Morgan fingerprint density at radius 1 is 1.25 bits per heavy atom. The summed E-state index contributed by atoms with van der Waals surface area (Å²) in [4.78, 5) is 19.4. The molecule has 1 fully saturated rings. The summed E-state index contributed by atoms with van der Waals surface area (Å²) in [6.07, 6.45) is -2.54. The van der Waals surface area contributed by atoms with E-state index < -0.39 is 11.9 Å². The van der Waals surface area contributed by atoms with Crippen LogP contribution in [0.5, 0.6) is 0 Å². The topological polar surface area (TPSA) is 123 Å². The lowest BCUT2D eigenvalue weighted by atomic mass is 10.3. The lowest BCUT2D eigenvalue weighted by Gasteiger charge is -2.14. The molecule has 1 aliphatic heterocycles. The van der Waals surface area contributed by atoms with Gasteiger partial charge in [-0.1, -0.05) is 0 Å². The quantitative estimate of drug-likeness (QED) is 0.294. The monoisotopic (exact) mass is 518 g/mol. The van der Waals surface area contributed by atoms with Gasteiger partial charge >= 0.3 is 6.18 Å². The largest absolute Gasteiger partial charge is 0.432 e. The van der Waals surface area contributed by atoms with Gasteiger partial charge in [-0.05, 0) is 54.6 Å². The second kappa shape index (κ2) is 9.79. The normalized spacial score (nSPS) is 16.5. The van der Waals surface area contributed by atoms with Gasteiger partial charge in [0.1, 0.15) is 11.2 Å². The number of aliphatic hydroxyl groups is 1. The number of hydrogen-bond acceptors (Lipinski definition) is 8. The summed E-state index contributed by atoms with van der Waals surface area (Å²) in [5.41, 5.74) is 0.233. The summed E-state index contributed by atoms with van der Waals surface area (Å²) in [5.74, 6) is 0.117. The van der Waals surface area contributed by atoms with E-state index in [1.54, 1.807) is 47.1 Å². The van der Waals surface area contributed by atoms with E-state index >= 15 is 0 Å². The number of carbonyl (C=O) groups is 1. The highest BCUT2D eigenvalue weighted by Crippen LogP contribution is 2.31. The van der Waals surface area contributed by atoms with Gasteiger partial charge in [0.25, 0.3) is 0 Å². The number of rotatable bonds is 7. The summed E-state index contributed by atoms with van der Waals surface area (Å²) in [5, 5.41) is 25.7. The fourth-order valence-electron chi connectivity index (χ4n) is 3.77. The highest BCUT2D eigenvalue weighted by molar-refractivity contribution is 7.99. The van der Waals surface area contributed by atoms with Crippen molar-refractivity contribution in [3.63, 3.8) is 0 Å². The number of H-pyrrole nitrogens is 1. The summed E-state index contributed by atoms with van der Waals surface area (Å²) in [6, 6.07) is 11.5. The third kappa shape index (κ3) is 5.61. The Bertz CT molecular complexity index is 1370. The second-order valence-electron chi connectivity index (χ2n) is 8.22. The SMILES string of the molecule is O=C(CN1CC[C@@H](O)C1)Nc1ccc(Sc2nc(Nc3cc(C(F)(F)F)[nH]n3)c3cccn3n2)cc1. The average Bonchev–Trinajstić information content (AvgIpc) is 3.56. The highest BCUT2D eigenvalue weighted by atomic mass is 32.2. The molecule has 0 radical (unpaired) electrons. The van der Waals surface area contributed by atoms with Gasteiger partial charge in [0.05, 0.1) is 12.6 Å². The number of fused-ring (bicyclic) bond motifs is 1. The maximum absolute atomic E-state index is 12.9. The number of anilines is 3. The summed E-state index contributed by atoms with van der Waals surface area (Å²) in [7, 11) is 0. The molecule has 0 saturated carbocycles. The number of nitrogens with zero attached hydrogens (tertiary/aromatic N) is 5. The summed E-state index contributed by atoms with van der Waals surface area (Å²) in [6.45, 7) is 1.40. The maximum Gasteiger partial charge on any atom is 0.432 e. The molecule has 0 spiro atoms. The minimum atomic E-state index is -4.54. The molecule has 1 aromatic carbocycles. The van der Waals surface area contributed by atoms with E-state index in [-0.39, 0.29) is 24.4 Å². The molecule has 1 saturated heterocycles. The van der Waals surface area contributed by atoms with E-state index in [2.05, 4.69) is 25.8 Å². The first-order valence-electron chi connectivity index (χ1n) is 11.0. The molecule has 0 unspecified atom stereocenters. The number of benzene rings is 1. The molecule has 10 nitrogen and oxygen atoms in total. The standard InChI is InChI=1S/C22H21F3N8O2S/c23-22(24,25)17-10-18(30-29-17)27-20-16-2-1-8-33(16)31-21(28-20)36-15-5-3-13(4-6-15)26-19(35)12-32-9-7-14(34)11-32/h1-6,8,10,14,34H,7,9,11-12H2,(H,26,35)(H2,27,28,29,30,31)/t14-/m1/s1. The summed E-state index contributed by atoms with van der Waals surface area (Å²) >= 11 is 1.25. The van der Waals surface area contributed by atoms with Crippen LogP contribution in [-0.4, -0.2) is 66.4 Å². The molecule has 1 aliphatic rings. The maximum atomic E-state index is 12.9. The van der Waals surface area contributed by atoms with Crippen LogP contribution in [0.25, 0.3) is 5.52 Å². The van der Waals surface area contributed by atoms with Crippen molar-refractivity contribution in [2.24, 2.45) is 0 Å². The first kappa shape index (κ1) is 24.1. The number of likely N-dealkylation sites (tertiary alicyclic amines) is 1. The van der Waals surface area contributed by atoms with Crippen LogP contribution < -0.4 is 10.6 Å². The van der Waals surface area contributed by atoms with Gasteiger partial charge in [0.15, 0.2) is 11.6 Å². The van der Waals surface area contributed by atoms with Gasteiger partial charge in [0.2, 0.25) is 11.1 Å². The highest BCUT2D eigenvalue weighted by Gasteiger charge is 2.33. The first-order chi connectivity index (χ1) is 17.2. The molecule has 1 atom stereocenters. The first-order valence-corrected chi connectivity index (χ1v) is 11.8. The van der Waals surface area contributed by atoms with Crippen LogP contribution in [0.1, 0.15) is 12.1 Å². The smallest absolute Gasteiger partial charge is 0.392 e. The molecule has 188 valence electrons. The van der Waals surface area contributed by atoms with E-state index in [1.807, 2.05) is 10.00 Å². The molecule has 4 heterocycles. The Kier molecular flexibility index (Phi) is 6.55. The molecule has 3 aromatic heterocycles. The van der Waals surface area contributed by atoms with Crippen molar-refractivity contribution in [3.05, 3.63) is 54.4 Å². The minimum Gasteiger partial charge on any atom is -0.392 e. The van der Waals surface area contributed by atoms with Gasteiger partial charge in [-0.3, -0.25) is 14.8 Å². The van der Waals surface area contributed by atoms with Crippen LogP contribution in [0.15, 0.2) is 58.7 Å². The van der Waals surface area contributed by atoms with Gasteiger partial charge in [0, 0.05) is 35.9 Å². The third-order valence-corrected chi connectivity index (χ3v) is 6.33. The zero-order chi connectivity index (χ0) is 25.3. The predicted molar refractivity (Wildman–Crippen MR) is 126 cm³/mol. The Labute approximate surface area is 206 Å². The molecule has 0 aliphatic carbocycles. The Morgan fingerprint density at radius 2 is 2.06 bits per heavy atom. The molecule has 36 heavy (non-hydrogen) atoms. The third-order valence-electron chi connectivity index (χ3n) is 5.46. The molecule has 0 bridgehead atoms. The molecular formula is C22H21F3N8O2S. The number of amides is 1. The lowest BCUT2D eigenvalue weighted by Crippen LogP contribution is -2.32. The van der Waals surface area contributed by atoms with Crippen molar-refractivity contribution in [2.45, 2.75) is 28.8 Å². The number of carbonyl (C=O) groups excluding carboxylic acids is 1. The number of halogens is 3. The Morgan fingerprint density at radius 3 is 2.75 bits per heavy atom. The van der Waals surface area contributed by atoms with Crippen molar-refractivity contribution < 1.29 is 23.1 Å². The zero-order valence-electron chi connectivity index (χ0n) is 18.7. The number of hydrogen-bond donors (Lipinski definition) is 4. The number of aliphatic hydroxyl groups excluding tert-OH is 1. The number of aromatic nitrogens is 5. The molecule has 1 amide bonds. The second-order valence-corrected chi connectivity index (χ2v) is 9.26. The van der Waals surface area contributed by atoms with Crippen LogP contribution in [-0.2, 0) is 11.0 Å². The molecule has 14 heteroatoms. The number of β-amino-alcohol motifs (C(OH)–C–C–N with tert-alkyl or cyclic N) is 1. The van der Waals surface area contributed by atoms with Gasteiger partial charge in [-0.15, -0.1) is 5.10 Å². The minimum absolute atomic E-state index is 0.0244. The molecular weight excluding hydrogens is 497 g/mol. The predicted octanol–water partition coefficient (Wildman–Crippen LogP) is 3.37.